The van der Waals surface area contributed by atoms with Crippen LogP contribution in [-0.4, -0.2) is 53.1 Å². The third kappa shape index (κ3) is 4.06. The Kier molecular flexibility index (Phi) is 6.26. The molecule has 1 heterocycles. The third-order valence-electron chi connectivity index (χ3n) is 2.29. The number of aliphatic hydroxyl groups excluding tert-OH is 1. The third-order valence-corrected chi connectivity index (χ3v) is 2.88. The van der Waals surface area contributed by atoms with E-state index in [0.717, 1.165) is 5.75 Å². The number of hydrogen-bond acceptors (Lipinski definition) is 4. The lowest BCUT2D eigenvalue weighted by atomic mass is 10.2. The van der Waals surface area contributed by atoms with Crippen LogP contribution in [-0.2, 0) is 0 Å². The first kappa shape index (κ1) is 14.6. The average molecular weight is 264 g/mol. The molecule has 1 aromatic heterocycles. The number of aromatic nitrogens is 1. The normalized spacial score (nSPS) is 9.50. The number of carbonyl (C=O) groups is 1. The fourth-order valence-corrected chi connectivity index (χ4v) is 1.78. The SMILES string of the molecule is CSCCN(C)C(=O)c1ncccc1C#CCO. The number of pyridine rings is 1. The zero-order valence-electron chi connectivity index (χ0n) is 10.5. The van der Waals surface area contributed by atoms with E-state index in [-0.39, 0.29) is 12.5 Å². The molecule has 0 saturated carbocycles. The highest BCUT2D eigenvalue weighted by Gasteiger charge is 2.15. The van der Waals surface area contributed by atoms with Crippen molar-refractivity contribution in [2.75, 3.05) is 32.2 Å². The number of aliphatic hydroxyl groups is 1. The van der Waals surface area contributed by atoms with Crippen molar-refractivity contribution in [3.63, 3.8) is 0 Å². The molecule has 0 atom stereocenters. The first-order valence-electron chi connectivity index (χ1n) is 5.50. The van der Waals surface area contributed by atoms with Crippen molar-refractivity contribution in [1.29, 1.82) is 0 Å². The molecule has 5 heteroatoms. The predicted octanol–water partition coefficient (Wildman–Crippen LogP) is 0.860. The molecule has 0 saturated heterocycles. The fraction of sp³-hybridized carbons (Fsp3) is 0.385. The van der Waals surface area contributed by atoms with Crippen LogP contribution >= 0.6 is 11.8 Å². The Morgan fingerprint density at radius 2 is 2.39 bits per heavy atom. The van der Waals surface area contributed by atoms with E-state index < -0.39 is 0 Å². The summed E-state index contributed by atoms with van der Waals surface area (Å²) in [5.41, 5.74) is 0.884. The van der Waals surface area contributed by atoms with Gasteiger partial charge in [-0.3, -0.25) is 4.79 Å². The van der Waals surface area contributed by atoms with Gasteiger partial charge in [0.1, 0.15) is 12.3 Å². The molecule has 1 N–H and O–H groups in total. The van der Waals surface area contributed by atoms with Crippen LogP contribution in [0, 0.1) is 11.8 Å². The summed E-state index contributed by atoms with van der Waals surface area (Å²) in [5, 5.41) is 8.69. The molecule has 96 valence electrons. The monoisotopic (exact) mass is 264 g/mol. The van der Waals surface area contributed by atoms with Gasteiger partial charge in [0, 0.05) is 25.5 Å². The molecule has 0 aliphatic heterocycles. The molecule has 1 amide bonds. The van der Waals surface area contributed by atoms with Gasteiger partial charge < -0.3 is 10.0 Å². The fourth-order valence-electron chi connectivity index (χ4n) is 1.32. The zero-order chi connectivity index (χ0) is 13.4. The Bertz CT molecular complexity index is 466. The highest BCUT2D eigenvalue weighted by Crippen LogP contribution is 2.07. The van der Waals surface area contributed by atoms with E-state index in [1.165, 1.54) is 0 Å². The molecule has 1 rings (SSSR count). The summed E-state index contributed by atoms with van der Waals surface area (Å²) in [5.74, 6) is 6.01. The highest BCUT2D eigenvalue weighted by molar-refractivity contribution is 7.98. The molecule has 0 spiro atoms. The number of thioether (sulfide) groups is 1. The number of rotatable bonds is 4. The molecular weight excluding hydrogens is 248 g/mol. The van der Waals surface area contributed by atoms with Crippen LogP contribution in [0.15, 0.2) is 18.3 Å². The molecule has 0 unspecified atom stereocenters. The molecule has 4 nitrogen and oxygen atoms in total. The quantitative estimate of drug-likeness (QED) is 0.820. The van der Waals surface area contributed by atoms with Crippen molar-refractivity contribution < 1.29 is 9.90 Å². The molecule has 0 aliphatic rings. The molecule has 0 radical (unpaired) electrons. The molecule has 0 aliphatic carbocycles. The van der Waals surface area contributed by atoms with Crippen LogP contribution in [0.1, 0.15) is 16.1 Å². The first-order valence-corrected chi connectivity index (χ1v) is 6.89. The smallest absolute Gasteiger partial charge is 0.273 e. The van der Waals surface area contributed by atoms with Gasteiger partial charge in [-0.25, -0.2) is 4.98 Å². The molecule has 0 fully saturated rings. The van der Waals surface area contributed by atoms with E-state index in [2.05, 4.69) is 16.8 Å². The van der Waals surface area contributed by atoms with Crippen molar-refractivity contribution >= 4 is 17.7 Å². The van der Waals surface area contributed by atoms with Crippen LogP contribution in [0.3, 0.4) is 0 Å². The van der Waals surface area contributed by atoms with Gasteiger partial charge in [-0.15, -0.1) is 0 Å². The van der Waals surface area contributed by atoms with Gasteiger partial charge in [-0.1, -0.05) is 11.8 Å². The maximum Gasteiger partial charge on any atom is 0.273 e. The number of carbonyl (C=O) groups excluding carboxylic acids is 1. The van der Waals surface area contributed by atoms with E-state index in [4.69, 9.17) is 5.11 Å². The number of nitrogens with zero attached hydrogens (tertiary/aromatic N) is 2. The van der Waals surface area contributed by atoms with Crippen LogP contribution in [0.4, 0.5) is 0 Å². The number of amides is 1. The summed E-state index contributed by atoms with van der Waals surface area (Å²) in [6.07, 6.45) is 3.57. The standard InChI is InChI=1S/C13H16N2O2S/c1-15(8-10-18-2)13(17)12-11(6-4-9-16)5-3-7-14-12/h3,5,7,16H,8-10H2,1-2H3. The molecule has 0 aromatic carbocycles. The average Bonchev–Trinajstić information content (AvgIpc) is 2.42. The molecule has 0 bridgehead atoms. The van der Waals surface area contributed by atoms with Crippen molar-refractivity contribution in [2.24, 2.45) is 0 Å². The Labute approximate surface area is 111 Å². The van der Waals surface area contributed by atoms with E-state index in [1.54, 1.807) is 42.0 Å². The van der Waals surface area contributed by atoms with E-state index in [0.29, 0.717) is 17.8 Å². The lowest BCUT2D eigenvalue weighted by Crippen LogP contribution is -2.30. The summed E-state index contributed by atoms with van der Waals surface area (Å²) in [4.78, 5) is 17.9. The van der Waals surface area contributed by atoms with E-state index in [9.17, 15) is 4.79 Å². The van der Waals surface area contributed by atoms with Crippen LogP contribution in [0.2, 0.25) is 0 Å². The minimum absolute atomic E-state index is 0.146. The van der Waals surface area contributed by atoms with Crippen LogP contribution < -0.4 is 0 Å². The lowest BCUT2D eigenvalue weighted by molar-refractivity contribution is 0.0797. The maximum absolute atomic E-state index is 12.2. The topological polar surface area (TPSA) is 53.4 Å². The minimum atomic E-state index is -0.231. The second-order valence-corrected chi connectivity index (χ2v) is 4.56. The van der Waals surface area contributed by atoms with Crippen molar-refractivity contribution in [3.05, 3.63) is 29.6 Å². The van der Waals surface area contributed by atoms with E-state index in [1.807, 2.05) is 6.26 Å². The van der Waals surface area contributed by atoms with Crippen LogP contribution in [0.5, 0.6) is 0 Å². The van der Waals surface area contributed by atoms with Gasteiger partial charge in [-0.05, 0) is 18.4 Å². The molecule has 18 heavy (non-hydrogen) atoms. The summed E-state index contributed by atoms with van der Waals surface area (Å²) in [7, 11) is 1.75. The van der Waals surface area contributed by atoms with Crippen molar-refractivity contribution in [1.82, 2.24) is 9.88 Å². The van der Waals surface area contributed by atoms with Gasteiger partial charge >= 0.3 is 0 Å². The minimum Gasteiger partial charge on any atom is -0.384 e. The Hall–Kier alpha value is -1.51. The maximum atomic E-state index is 12.2. The molecular formula is C13H16N2O2S. The van der Waals surface area contributed by atoms with Gasteiger partial charge in [0.25, 0.3) is 5.91 Å². The largest absolute Gasteiger partial charge is 0.384 e. The summed E-state index contributed by atoms with van der Waals surface area (Å²) >= 11 is 1.69. The van der Waals surface area contributed by atoms with Gasteiger partial charge in [-0.2, -0.15) is 11.8 Å². The zero-order valence-corrected chi connectivity index (χ0v) is 11.3. The second kappa shape index (κ2) is 7.75. The summed E-state index contributed by atoms with van der Waals surface area (Å²) in [6, 6.07) is 3.45. The van der Waals surface area contributed by atoms with Gasteiger partial charge in [0.2, 0.25) is 0 Å². The Morgan fingerprint density at radius 3 is 3.06 bits per heavy atom. The van der Waals surface area contributed by atoms with Gasteiger partial charge in [0.05, 0.1) is 5.56 Å². The van der Waals surface area contributed by atoms with Gasteiger partial charge in [0.15, 0.2) is 0 Å². The van der Waals surface area contributed by atoms with Crippen LogP contribution in [0.25, 0.3) is 0 Å². The summed E-state index contributed by atoms with van der Waals surface area (Å²) in [6.45, 7) is 0.439. The Morgan fingerprint density at radius 1 is 1.61 bits per heavy atom. The lowest BCUT2D eigenvalue weighted by Gasteiger charge is -2.16. The number of hydrogen-bond donors (Lipinski definition) is 1. The van der Waals surface area contributed by atoms with Crippen molar-refractivity contribution in [3.8, 4) is 11.8 Å². The van der Waals surface area contributed by atoms with E-state index >= 15 is 0 Å². The Balaban J connectivity index is 2.91. The summed E-state index contributed by atoms with van der Waals surface area (Å²) < 4.78 is 0. The second-order valence-electron chi connectivity index (χ2n) is 3.58. The van der Waals surface area contributed by atoms with Crippen molar-refractivity contribution in [2.45, 2.75) is 0 Å². The highest BCUT2D eigenvalue weighted by atomic mass is 32.2. The predicted molar refractivity (Wildman–Crippen MR) is 73.5 cm³/mol. The molecule has 1 aromatic rings. The first-order chi connectivity index (χ1) is 8.70.